The highest BCUT2D eigenvalue weighted by molar-refractivity contribution is 5.80. The summed E-state index contributed by atoms with van der Waals surface area (Å²) >= 11 is 0. The van der Waals surface area contributed by atoms with Crippen molar-refractivity contribution in [3.8, 4) is 11.5 Å². The summed E-state index contributed by atoms with van der Waals surface area (Å²) in [6.07, 6.45) is 3.42. The van der Waals surface area contributed by atoms with Crippen LogP contribution in [0.4, 0.5) is 20.5 Å². The van der Waals surface area contributed by atoms with Crippen LogP contribution in [0, 0.1) is 11.6 Å². The van der Waals surface area contributed by atoms with Crippen LogP contribution in [-0.2, 0) is 4.74 Å². The van der Waals surface area contributed by atoms with Crippen molar-refractivity contribution in [1.82, 2.24) is 15.0 Å². The van der Waals surface area contributed by atoms with Gasteiger partial charge in [-0.2, -0.15) is 4.98 Å². The molecule has 0 unspecified atom stereocenters. The van der Waals surface area contributed by atoms with E-state index in [-0.39, 0.29) is 17.5 Å². The van der Waals surface area contributed by atoms with Crippen molar-refractivity contribution in [3.63, 3.8) is 0 Å². The first-order valence-corrected chi connectivity index (χ1v) is 8.95. The predicted molar refractivity (Wildman–Crippen MR) is 101 cm³/mol. The standard InChI is InChI=1S/C19H19F2N5O2/c1-22-18-16(28-15-3-2-12(20)9-14(15)21)8-11-10-23-19(26-17(11)25-18)24-13-4-6-27-7-5-13/h2-3,8-10,13H,4-7H2,1H3,(H2,22,23,24,25,26). The summed E-state index contributed by atoms with van der Waals surface area (Å²) < 4.78 is 38.0. The Morgan fingerprint density at radius 3 is 2.68 bits per heavy atom. The van der Waals surface area contributed by atoms with Crippen molar-refractivity contribution in [3.05, 3.63) is 42.1 Å². The fraction of sp³-hybridized carbons (Fsp3) is 0.316. The lowest BCUT2D eigenvalue weighted by Crippen LogP contribution is -2.28. The summed E-state index contributed by atoms with van der Waals surface area (Å²) in [5.41, 5.74) is 0.473. The minimum Gasteiger partial charge on any atom is -0.450 e. The summed E-state index contributed by atoms with van der Waals surface area (Å²) in [4.78, 5) is 13.2. The molecular weight excluding hydrogens is 368 g/mol. The molecule has 7 nitrogen and oxygen atoms in total. The van der Waals surface area contributed by atoms with Gasteiger partial charge in [-0.05, 0) is 31.0 Å². The molecule has 3 aromatic rings. The molecule has 4 rings (SSSR count). The first-order valence-electron chi connectivity index (χ1n) is 8.95. The van der Waals surface area contributed by atoms with Crippen molar-refractivity contribution in [2.45, 2.75) is 18.9 Å². The van der Waals surface area contributed by atoms with Crippen molar-refractivity contribution < 1.29 is 18.3 Å². The molecule has 1 aliphatic rings. The molecule has 1 aromatic carbocycles. The van der Waals surface area contributed by atoms with E-state index in [0.29, 0.717) is 36.0 Å². The zero-order chi connectivity index (χ0) is 19.5. The maximum Gasteiger partial charge on any atom is 0.224 e. The van der Waals surface area contributed by atoms with Gasteiger partial charge in [0.1, 0.15) is 5.82 Å². The summed E-state index contributed by atoms with van der Waals surface area (Å²) in [6.45, 7) is 1.43. The molecule has 146 valence electrons. The van der Waals surface area contributed by atoms with Gasteiger partial charge in [0.05, 0.1) is 0 Å². The van der Waals surface area contributed by atoms with Gasteiger partial charge in [-0.1, -0.05) is 0 Å². The Morgan fingerprint density at radius 1 is 1.11 bits per heavy atom. The summed E-state index contributed by atoms with van der Waals surface area (Å²) in [5.74, 6) is -0.408. The van der Waals surface area contributed by atoms with E-state index < -0.39 is 11.6 Å². The van der Waals surface area contributed by atoms with E-state index in [1.165, 1.54) is 6.07 Å². The molecule has 0 radical (unpaired) electrons. The molecule has 2 N–H and O–H groups in total. The molecule has 0 aliphatic carbocycles. The highest BCUT2D eigenvalue weighted by atomic mass is 19.1. The van der Waals surface area contributed by atoms with Gasteiger partial charge in [-0.3, -0.25) is 0 Å². The molecule has 0 saturated carbocycles. The number of nitrogens with zero attached hydrogens (tertiary/aromatic N) is 3. The number of aromatic nitrogens is 3. The molecule has 0 amide bonds. The average Bonchev–Trinajstić information content (AvgIpc) is 2.70. The molecule has 1 aliphatic heterocycles. The number of halogens is 2. The Labute approximate surface area is 160 Å². The van der Waals surface area contributed by atoms with Crippen molar-refractivity contribution in [2.75, 3.05) is 30.9 Å². The predicted octanol–water partition coefficient (Wildman–Crippen LogP) is 3.73. The normalized spacial score (nSPS) is 14.8. The van der Waals surface area contributed by atoms with Crippen LogP contribution in [0.15, 0.2) is 30.5 Å². The van der Waals surface area contributed by atoms with Gasteiger partial charge in [-0.15, -0.1) is 0 Å². The van der Waals surface area contributed by atoms with E-state index in [0.717, 1.165) is 25.0 Å². The molecule has 2 aromatic heterocycles. The average molecular weight is 387 g/mol. The Hall–Kier alpha value is -3.07. The number of pyridine rings is 1. The minimum atomic E-state index is -0.797. The number of benzene rings is 1. The highest BCUT2D eigenvalue weighted by Crippen LogP contribution is 2.32. The number of ether oxygens (including phenoxy) is 2. The summed E-state index contributed by atoms with van der Waals surface area (Å²) in [7, 11) is 1.67. The number of hydrogen-bond donors (Lipinski definition) is 2. The fourth-order valence-electron chi connectivity index (χ4n) is 2.97. The minimum absolute atomic E-state index is 0.0993. The Kier molecular flexibility index (Phi) is 5.16. The number of nitrogens with one attached hydrogen (secondary N) is 2. The van der Waals surface area contributed by atoms with Gasteiger partial charge < -0.3 is 20.1 Å². The van der Waals surface area contributed by atoms with Crippen LogP contribution in [0.2, 0.25) is 0 Å². The molecule has 1 saturated heterocycles. The maximum atomic E-state index is 13.9. The van der Waals surface area contributed by atoms with Crippen LogP contribution >= 0.6 is 0 Å². The number of hydrogen-bond acceptors (Lipinski definition) is 7. The molecule has 0 bridgehead atoms. The second-order valence-electron chi connectivity index (χ2n) is 6.40. The lowest BCUT2D eigenvalue weighted by Gasteiger charge is -2.23. The Balaban J connectivity index is 1.62. The Morgan fingerprint density at radius 2 is 1.93 bits per heavy atom. The van der Waals surface area contributed by atoms with Gasteiger partial charge in [0, 0.05) is 44.0 Å². The SMILES string of the molecule is CNc1nc2nc(NC3CCOCC3)ncc2cc1Oc1ccc(F)cc1F. The van der Waals surface area contributed by atoms with Gasteiger partial charge in [0.25, 0.3) is 0 Å². The van der Waals surface area contributed by atoms with Crippen molar-refractivity contribution in [2.24, 2.45) is 0 Å². The highest BCUT2D eigenvalue weighted by Gasteiger charge is 2.16. The molecule has 3 heterocycles. The lowest BCUT2D eigenvalue weighted by atomic mass is 10.1. The van der Waals surface area contributed by atoms with Crippen LogP contribution in [0.5, 0.6) is 11.5 Å². The second kappa shape index (κ2) is 7.89. The van der Waals surface area contributed by atoms with Crippen LogP contribution in [0.25, 0.3) is 11.0 Å². The topological polar surface area (TPSA) is 81.2 Å². The number of rotatable bonds is 5. The fourth-order valence-corrected chi connectivity index (χ4v) is 2.97. The first kappa shape index (κ1) is 18.3. The van der Waals surface area contributed by atoms with Crippen molar-refractivity contribution >= 4 is 22.8 Å². The van der Waals surface area contributed by atoms with E-state index in [1.807, 2.05) is 0 Å². The third-order valence-corrected chi connectivity index (χ3v) is 4.44. The van der Waals surface area contributed by atoms with E-state index in [1.54, 1.807) is 19.3 Å². The van der Waals surface area contributed by atoms with E-state index in [2.05, 4.69) is 25.6 Å². The van der Waals surface area contributed by atoms with Gasteiger partial charge >= 0.3 is 0 Å². The number of fused-ring (bicyclic) bond motifs is 1. The third kappa shape index (κ3) is 3.94. The van der Waals surface area contributed by atoms with E-state index in [9.17, 15) is 8.78 Å². The molecule has 0 spiro atoms. The second-order valence-corrected chi connectivity index (χ2v) is 6.40. The van der Waals surface area contributed by atoms with E-state index >= 15 is 0 Å². The van der Waals surface area contributed by atoms with Crippen LogP contribution in [0.1, 0.15) is 12.8 Å². The summed E-state index contributed by atoms with van der Waals surface area (Å²) in [6, 6.07) is 5.05. The van der Waals surface area contributed by atoms with Gasteiger partial charge in [0.2, 0.25) is 5.95 Å². The third-order valence-electron chi connectivity index (χ3n) is 4.44. The van der Waals surface area contributed by atoms with Crippen LogP contribution in [0.3, 0.4) is 0 Å². The molecular formula is C19H19F2N5O2. The smallest absolute Gasteiger partial charge is 0.224 e. The monoisotopic (exact) mass is 387 g/mol. The zero-order valence-electron chi connectivity index (χ0n) is 15.2. The van der Waals surface area contributed by atoms with Gasteiger partial charge in [-0.25, -0.2) is 18.7 Å². The van der Waals surface area contributed by atoms with Crippen LogP contribution < -0.4 is 15.4 Å². The quantitative estimate of drug-likeness (QED) is 0.690. The zero-order valence-corrected chi connectivity index (χ0v) is 15.2. The molecule has 1 fully saturated rings. The van der Waals surface area contributed by atoms with Gasteiger partial charge in [0.15, 0.2) is 28.8 Å². The molecule has 9 heteroatoms. The van der Waals surface area contributed by atoms with Crippen LogP contribution in [-0.4, -0.2) is 41.3 Å². The number of anilines is 2. The van der Waals surface area contributed by atoms with Crippen molar-refractivity contribution in [1.29, 1.82) is 0 Å². The molecule has 0 atom stereocenters. The lowest BCUT2D eigenvalue weighted by molar-refractivity contribution is 0.0903. The largest absolute Gasteiger partial charge is 0.450 e. The first-order chi connectivity index (χ1) is 13.6. The Bertz CT molecular complexity index is 995. The molecule has 28 heavy (non-hydrogen) atoms. The maximum absolute atomic E-state index is 13.9. The summed E-state index contributed by atoms with van der Waals surface area (Å²) in [5, 5.41) is 6.84. The van der Waals surface area contributed by atoms with E-state index in [4.69, 9.17) is 9.47 Å².